The highest BCUT2D eigenvalue weighted by molar-refractivity contribution is 7.70. The number of anilines is 5. The standard InChI is InChI=1S/C32H41N8O2P/c1-4-38-15-12-23(13-16-38)39-17-18-40-24(20-39)21-42-28-19-22(9-10-27(28)40)34-32-36-30-25(11-14-33-30)31(37-32)35-26-7-5-6-8-29(26)43(2,3)41/h5-11,14,19,23-24H,4,12-13,15-18,20-21H2,1-3H3,(H3,33,34,35,36,37)/t24-/m1/s1. The summed E-state index contributed by atoms with van der Waals surface area (Å²) < 4.78 is 19.3. The van der Waals surface area contributed by atoms with Crippen molar-refractivity contribution in [2.24, 2.45) is 0 Å². The van der Waals surface area contributed by atoms with Crippen molar-refractivity contribution in [2.45, 2.75) is 31.8 Å². The Morgan fingerprint density at radius 3 is 2.65 bits per heavy atom. The quantitative estimate of drug-likeness (QED) is 0.251. The minimum atomic E-state index is -2.49. The van der Waals surface area contributed by atoms with Crippen LogP contribution >= 0.6 is 7.14 Å². The molecule has 4 aromatic rings. The van der Waals surface area contributed by atoms with Crippen LogP contribution in [0.5, 0.6) is 5.75 Å². The summed E-state index contributed by atoms with van der Waals surface area (Å²) in [6.45, 7) is 13.3. The van der Waals surface area contributed by atoms with Gasteiger partial charge in [0.15, 0.2) is 0 Å². The van der Waals surface area contributed by atoms with E-state index in [0.717, 1.165) is 59.7 Å². The van der Waals surface area contributed by atoms with E-state index in [4.69, 9.17) is 14.7 Å². The number of rotatable bonds is 7. The molecule has 0 aliphatic carbocycles. The molecule has 7 rings (SSSR count). The number of nitrogens with one attached hydrogen (secondary N) is 3. The van der Waals surface area contributed by atoms with Crippen LogP contribution in [0, 0.1) is 0 Å². The fourth-order valence-corrected chi connectivity index (χ4v) is 7.96. The molecule has 0 unspecified atom stereocenters. The molecule has 43 heavy (non-hydrogen) atoms. The van der Waals surface area contributed by atoms with Gasteiger partial charge in [-0.05, 0) is 76.1 Å². The van der Waals surface area contributed by atoms with Crippen molar-refractivity contribution in [1.82, 2.24) is 24.8 Å². The Morgan fingerprint density at radius 2 is 1.84 bits per heavy atom. The highest BCUT2D eigenvalue weighted by Crippen LogP contribution is 2.40. The number of likely N-dealkylation sites (tertiary alicyclic amines) is 1. The van der Waals surface area contributed by atoms with Crippen LogP contribution in [-0.2, 0) is 4.57 Å². The number of hydrogen-bond donors (Lipinski definition) is 3. The van der Waals surface area contributed by atoms with Crippen LogP contribution in [0.1, 0.15) is 19.8 Å². The zero-order chi connectivity index (χ0) is 29.6. The van der Waals surface area contributed by atoms with Gasteiger partial charge in [0.1, 0.15) is 31.0 Å². The number of piperidine rings is 1. The lowest BCUT2D eigenvalue weighted by Crippen LogP contribution is -2.60. The van der Waals surface area contributed by atoms with E-state index in [0.29, 0.717) is 36.1 Å². The fraction of sp³-hybridized carbons (Fsp3) is 0.438. The predicted molar refractivity (Wildman–Crippen MR) is 176 cm³/mol. The first-order valence-corrected chi connectivity index (χ1v) is 18.0. The molecule has 2 aromatic heterocycles. The summed E-state index contributed by atoms with van der Waals surface area (Å²) in [6, 6.07) is 17.0. The van der Waals surface area contributed by atoms with E-state index in [1.165, 1.54) is 25.9 Å². The average molecular weight is 601 g/mol. The SMILES string of the molecule is CCN1CCC(N2CCN3c4ccc(Nc5nc(Nc6ccccc6P(C)(C)=O)c6cc[nH]c6n5)cc4OC[C@H]3C2)CC1. The first-order valence-electron chi connectivity index (χ1n) is 15.4. The molecule has 5 heterocycles. The van der Waals surface area contributed by atoms with Crippen LogP contribution in [0.2, 0.25) is 0 Å². The minimum Gasteiger partial charge on any atom is -0.489 e. The van der Waals surface area contributed by atoms with Gasteiger partial charge < -0.3 is 34.7 Å². The molecule has 3 N–H and O–H groups in total. The lowest BCUT2D eigenvalue weighted by atomic mass is 9.99. The third kappa shape index (κ3) is 5.71. The summed E-state index contributed by atoms with van der Waals surface area (Å²) in [6.07, 6.45) is 4.39. The zero-order valence-corrected chi connectivity index (χ0v) is 26.1. The second-order valence-electron chi connectivity index (χ2n) is 12.3. The van der Waals surface area contributed by atoms with Crippen LogP contribution in [0.15, 0.2) is 54.7 Å². The van der Waals surface area contributed by atoms with Gasteiger partial charge in [-0.3, -0.25) is 4.90 Å². The number of fused-ring (bicyclic) bond motifs is 4. The molecule has 0 radical (unpaired) electrons. The molecule has 1 atom stereocenters. The van der Waals surface area contributed by atoms with Gasteiger partial charge in [0.25, 0.3) is 0 Å². The van der Waals surface area contributed by atoms with Crippen molar-refractivity contribution in [3.8, 4) is 5.75 Å². The Hall–Kier alpha value is -3.59. The number of para-hydroxylation sites is 1. The van der Waals surface area contributed by atoms with Gasteiger partial charge in [0, 0.05) is 48.9 Å². The smallest absolute Gasteiger partial charge is 0.231 e. The molecule has 10 nitrogen and oxygen atoms in total. The van der Waals surface area contributed by atoms with Gasteiger partial charge in [0.05, 0.1) is 22.8 Å². The van der Waals surface area contributed by atoms with Crippen molar-refractivity contribution in [2.75, 3.05) is 74.7 Å². The number of benzene rings is 2. The highest BCUT2D eigenvalue weighted by Gasteiger charge is 2.36. The molecule has 3 aliphatic heterocycles. The topological polar surface area (TPSA) is 102 Å². The van der Waals surface area contributed by atoms with E-state index in [1.54, 1.807) is 13.3 Å². The molecular weight excluding hydrogens is 559 g/mol. The average Bonchev–Trinajstić information content (AvgIpc) is 3.49. The van der Waals surface area contributed by atoms with Crippen LogP contribution in [0.3, 0.4) is 0 Å². The third-order valence-corrected chi connectivity index (χ3v) is 10.7. The number of piperazine rings is 1. The lowest BCUT2D eigenvalue weighted by Gasteiger charge is -2.49. The van der Waals surface area contributed by atoms with Crippen molar-refractivity contribution >= 4 is 52.3 Å². The van der Waals surface area contributed by atoms with Gasteiger partial charge >= 0.3 is 0 Å². The van der Waals surface area contributed by atoms with Crippen LogP contribution in [0.4, 0.5) is 28.8 Å². The van der Waals surface area contributed by atoms with E-state index in [9.17, 15) is 4.57 Å². The van der Waals surface area contributed by atoms with E-state index >= 15 is 0 Å². The first kappa shape index (κ1) is 28.2. The predicted octanol–water partition coefficient (Wildman–Crippen LogP) is 5.06. The fourth-order valence-electron chi connectivity index (χ4n) is 6.80. The van der Waals surface area contributed by atoms with Gasteiger partial charge in [-0.2, -0.15) is 9.97 Å². The monoisotopic (exact) mass is 600 g/mol. The van der Waals surface area contributed by atoms with Crippen LogP contribution in [-0.4, -0.2) is 96.0 Å². The summed E-state index contributed by atoms with van der Waals surface area (Å²) in [5.41, 5.74) is 3.52. The van der Waals surface area contributed by atoms with Crippen LogP contribution < -0.4 is 25.6 Å². The van der Waals surface area contributed by atoms with Gasteiger partial charge in [-0.25, -0.2) is 0 Å². The molecule has 0 amide bonds. The first-order chi connectivity index (χ1) is 20.9. The summed E-state index contributed by atoms with van der Waals surface area (Å²) >= 11 is 0. The van der Waals surface area contributed by atoms with Crippen molar-refractivity contribution < 1.29 is 9.30 Å². The highest BCUT2D eigenvalue weighted by atomic mass is 31.2. The molecule has 0 saturated carbocycles. The Kier molecular flexibility index (Phi) is 7.53. The second kappa shape index (κ2) is 11.5. The number of hydrogen-bond acceptors (Lipinski definition) is 9. The van der Waals surface area contributed by atoms with Gasteiger partial charge in [-0.15, -0.1) is 0 Å². The summed E-state index contributed by atoms with van der Waals surface area (Å²) in [5, 5.41) is 8.47. The lowest BCUT2D eigenvalue weighted by molar-refractivity contribution is 0.0810. The van der Waals surface area contributed by atoms with Gasteiger partial charge in [0.2, 0.25) is 5.95 Å². The zero-order valence-electron chi connectivity index (χ0n) is 25.2. The van der Waals surface area contributed by atoms with Crippen molar-refractivity contribution in [1.29, 1.82) is 0 Å². The number of aromatic amines is 1. The van der Waals surface area contributed by atoms with Crippen LogP contribution in [0.25, 0.3) is 11.0 Å². The largest absolute Gasteiger partial charge is 0.489 e. The maximum Gasteiger partial charge on any atom is 0.231 e. The maximum absolute atomic E-state index is 13.0. The maximum atomic E-state index is 13.0. The van der Waals surface area contributed by atoms with Gasteiger partial charge in [-0.1, -0.05) is 19.1 Å². The van der Waals surface area contributed by atoms with E-state index in [2.05, 4.69) is 49.4 Å². The Labute approximate surface area is 253 Å². The minimum absolute atomic E-state index is 0.376. The second-order valence-corrected chi connectivity index (χ2v) is 15.4. The Morgan fingerprint density at radius 1 is 1.00 bits per heavy atom. The molecule has 2 aromatic carbocycles. The normalized spacial score (nSPS) is 20.0. The summed E-state index contributed by atoms with van der Waals surface area (Å²) in [4.78, 5) is 20.5. The Bertz CT molecular complexity index is 1660. The number of nitrogens with zero attached hydrogens (tertiary/aromatic N) is 5. The Balaban J connectivity index is 1.08. The molecular formula is C32H41N8O2P. The molecule has 2 fully saturated rings. The molecule has 226 valence electrons. The molecule has 3 aliphatic rings. The number of H-pyrrole nitrogens is 1. The molecule has 0 bridgehead atoms. The van der Waals surface area contributed by atoms with E-state index in [1.807, 2.05) is 42.6 Å². The van der Waals surface area contributed by atoms with E-state index < -0.39 is 7.14 Å². The molecule has 2 saturated heterocycles. The third-order valence-electron chi connectivity index (χ3n) is 9.14. The number of ether oxygens (including phenoxy) is 1. The molecule has 0 spiro atoms. The number of aromatic nitrogens is 3. The summed E-state index contributed by atoms with van der Waals surface area (Å²) in [5.74, 6) is 1.99. The molecule has 11 heteroatoms. The van der Waals surface area contributed by atoms with Crippen molar-refractivity contribution in [3.63, 3.8) is 0 Å². The van der Waals surface area contributed by atoms with Crippen molar-refractivity contribution in [3.05, 3.63) is 54.7 Å². The van der Waals surface area contributed by atoms with E-state index in [-0.39, 0.29) is 0 Å². The summed E-state index contributed by atoms with van der Waals surface area (Å²) in [7, 11) is -2.49.